The SMILES string of the molecule is COCCOc1cc2nccc(Oc3ccc(NC(=O)NCc4ccc(F)cc4)cc3F)c2c2c1OCCO2. The number of hydrogen-bond acceptors (Lipinski definition) is 7. The number of nitrogens with one attached hydrogen (secondary N) is 2. The molecular formula is C28H25F2N3O6. The number of nitrogens with zero attached hydrogens (tertiary/aromatic N) is 1. The number of urea groups is 1. The molecule has 0 fully saturated rings. The smallest absolute Gasteiger partial charge is 0.319 e. The molecule has 11 heteroatoms. The molecule has 39 heavy (non-hydrogen) atoms. The molecule has 2 heterocycles. The van der Waals surface area contributed by atoms with Crippen LogP contribution in [-0.2, 0) is 11.3 Å². The molecule has 0 aliphatic carbocycles. The molecule has 0 saturated heterocycles. The predicted octanol–water partition coefficient (Wildman–Crippen LogP) is 5.42. The Kier molecular flexibility index (Phi) is 7.88. The van der Waals surface area contributed by atoms with Gasteiger partial charge in [-0.25, -0.2) is 13.6 Å². The van der Waals surface area contributed by atoms with E-state index in [9.17, 15) is 9.18 Å². The Balaban J connectivity index is 1.33. The number of aromatic nitrogens is 1. The van der Waals surface area contributed by atoms with Crippen LogP contribution in [0.15, 0.2) is 60.8 Å². The van der Waals surface area contributed by atoms with Crippen LogP contribution < -0.4 is 29.6 Å². The van der Waals surface area contributed by atoms with Crippen molar-refractivity contribution in [2.45, 2.75) is 6.54 Å². The van der Waals surface area contributed by atoms with Crippen LogP contribution in [0.3, 0.4) is 0 Å². The zero-order valence-electron chi connectivity index (χ0n) is 21.0. The molecule has 3 aromatic carbocycles. The third kappa shape index (κ3) is 6.10. The Hall–Kier alpha value is -4.64. The van der Waals surface area contributed by atoms with Crippen LogP contribution >= 0.6 is 0 Å². The second kappa shape index (κ2) is 11.8. The van der Waals surface area contributed by atoms with Gasteiger partial charge in [-0.05, 0) is 35.9 Å². The average Bonchev–Trinajstić information content (AvgIpc) is 2.94. The van der Waals surface area contributed by atoms with E-state index in [1.165, 1.54) is 30.5 Å². The number of benzene rings is 3. The molecule has 202 valence electrons. The number of hydrogen-bond donors (Lipinski definition) is 2. The summed E-state index contributed by atoms with van der Waals surface area (Å²) >= 11 is 0. The highest BCUT2D eigenvalue weighted by atomic mass is 19.1. The second-order valence-electron chi connectivity index (χ2n) is 8.46. The molecule has 5 rings (SSSR count). The lowest BCUT2D eigenvalue weighted by molar-refractivity contribution is 0.134. The van der Waals surface area contributed by atoms with Crippen LogP contribution in [0.1, 0.15) is 5.56 Å². The van der Waals surface area contributed by atoms with E-state index in [4.69, 9.17) is 23.7 Å². The van der Waals surface area contributed by atoms with Crippen molar-refractivity contribution < 1.29 is 37.3 Å². The Morgan fingerprint density at radius 1 is 0.949 bits per heavy atom. The van der Waals surface area contributed by atoms with Gasteiger partial charge in [-0.2, -0.15) is 0 Å². The Morgan fingerprint density at radius 3 is 2.51 bits per heavy atom. The summed E-state index contributed by atoms with van der Waals surface area (Å²) in [5.74, 6) is 0.450. The number of rotatable bonds is 9. The fraction of sp³-hybridized carbons (Fsp3) is 0.214. The maximum atomic E-state index is 15.0. The highest BCUT2D eigenvalue weighted by molar-refractivity contribution is 5.95. The van der Waals surface area contributed by atoms with Crippen molar-refractivity contribution in [2.24, 2.45) is 0 Å². The van der Waals surface area contributed by atoms with Crippen LogP contribution in [0.5, 0.6) is 28.7 Å². The molecule has 4 aromatic rings. The van der Waals surface area contributed by atoms with E-state index in [-0.39, 0.29) is 23.8 Å². The van der Waals surface area contributed by atoms with Crippen LogP contribution in [0.25, 0.3) is 10.9 Å². The monoisotopic (exact) mass is 537 g/mol. The van der Waals surface area contributed by atoms with Crippen LogP contribution in [0.4, 0.5) is 19.3 Å². The highest BCUT2D eigenvalue weighted by Gasteiger charge is 2.25. The molecule has 0 unspecified atom stereocenters. The largest absolute Gasteiger partial charge is 0.487 e. The molecule has 2 N–H and O–H groups in total. The van der Waals surface area contributed by atoms with E-state index in [1.807, 2.05) is 0 Å². The summed E-state index contributed by atoms with van der Waals surface area (Å²) in [4.78, 5) is 16.6. The Morgan fingerprint density at radius 2 is 1.74 bits per heavy atom. The van der Waals surface area contributed by atoms with Crippen LogP contribution in [0.2, 0.25) is 0 Å². The van der Waals surface area contributed by atoms with Gasteiger partial charge in [-0.15, -0.1) is 0 Å². The van der Waals surface area contributed by atoms with Crippen molar-refractivity contribution in [2.75, 3.05) is 38.9 Å². The van der Waals surface area contributed by atoms with Gasteiger partial charge >= 0.3 is 6.03 Å². The maximum absolute atomic E-state index is 15.0. The van der Waals surface area contributed by atoms with Gasteiger partial charge in [0.2, 0.25) is 5.75 Å². The molecule has 0 saturated carbocycles. The highest BCUT2D eigenvalue weighted by Crippen LogP contribution is 2.48. The molecule has 0 radical (unpaired) electrons. The first kappa shape index (κ1) is 26.0. The molecule has 0 spiro atoms. The number of carbonyl (C=O) groups is 1. The van der Waals surface area contributed by atoms with Gasteiger partial charge in [0, 0.05) is 37.7 Å². The van der Waals surface area contributed by atoms with Crippen molar-refractivity contribution in [3.8, 4) is 28.7 Å². The van der Waals surface area contributed by atoms with Crippen molar-refractivity contribution in [1.82, 2.24) is 10.3 Å². The number of carbonyl (C=O) groups excluding carboxylic acids is 1. The number of ether oxygens (including phenoxy) is 5. The Bertz CT molecular complexity index is 1480. The predicted molar refractivity (Wildman–Crippen MR) is 139 cm³/mol. The number of methoxy groups -OCH3 is 1. The summed E-state index contributed by atoms with van der Waals surface area (Å²) in [6.45, 7) is 1.54. The minimum absolute atomic E-state index is 0.0642. The Labute approximate surface area is 222 Å². The second-order valence-corrected chi connectivity index (χ2v) is 8.46. The molecule has 2 amide bonds. The van der Waals surface area contributed by atoms with Gasteiger partial charge in [0.25, 0.3) is 0 Å². The first-order valence-electron chi connectivity index (χ1n) is 12.1. The quantitative estimate of drug-likeness (QED) is 0.275. The lowest BCUT2D eigenvalue weighted by Gasteiger charge is -2.23. The molecule has 0 atom stereocenters. The summed E-state index contributed by atoms with van der Waals surface area (Å²) in [7, 11) is 1.58. The van der Waals surface area contributed by atoms with Gasteiger partial charge < -0.3 is 34.3 Å². The minimum atomic E-state index is -0.693. The third-order valence-electron chi connectivity index (χ3n) is 5.76. The third-order valence-corrected chi connectivity index (χ3v) is 5.76. The zero-order chi connectivity index (χ0) is 27.2. The van der Waals surface area contributed by atoms with Gasteiger partial charge in [0.15, 0.2) is 23.1 Å². The minimum Gasteiger partial charge on any atom is -0.487 e. The van der Waals surface area contributed by atoms with E-state index in [0.717, 1.165) is 11.6 Å². The summed E-state index contributed by atoms with van der Waals surface area (Å²) in [6, 6.07) is 12.6. The number of fused-ring (bicyclic) bond motifs is 3. The van der Waals surface area contributed by atoms with Gasteiger partial charge in [-0.1, -0.05) is 12.1 Å². The lowest BCUT2D eigenvalue weighted by atomic mass is 10.1. The summed E-state index contributed by atoms with van der Waals surface area (Å²) in [5.41, 5.74) is 1.46. The van der Waals surface area contributed by atoms with Gasteiger partial charge in [0.05, 0.1) is 17.5 Å². The molecule has 9 nitrogen and oxygen atoms in total. The fourth-order valence-electron chi connectivity index (χ4n) is 3.94. The number of anilines is 1. The number of amides is 2. The van der Waals surface area contributed by atoms with Gasteiger partial charge in [-0.3, -0.25) is 4.98 Å². The normalized spacial score (nSPS) is 12.2. The van der Waals surface area contributed by atoms with E-state index in [0.29, 0.717) is 60.3 Å². The average molecular weight is 538 g/mol. The fourth-order valence-corrected chi connectivity index (χ4v) is 3.94. The van der Waals surface area contributed by atoms with Crippen molar-refractivity contribution in [3.63, 3.8) is 0 Å². The standard InChI is InChI=1S/C28H25F2N3O6/c1-35-10-11-36-24-15-21-25(27-26(24)37-12-13-38-27)23(8-9-31-21)39-22-7-6-19(14-20(22)30)33-28(34)32-16-17-2-4-18(29)5-3-17/h2-9,14-15H,10-13,16H2,1H3,(H2,32,33,34). The van der Waals surface area contributed by atoms with E-state index in [2.05, 4.69) is 15.6 Å². The van der Waals surface area contributed by atoms with Crippen molar-refractivity contribution in [1.29, 1.82) is 0 Å². The van der Waals surface area contributed by atoms with Crippen molar-refractivity contribution in [3.05, 3.63) is 78.0 Å². The topological polar surface area (TPSA) is 100 Å². The summed E-state index contributed by atoms with van der Waals surface area (Å²) in [5, 5.41) is 5.71. The number of halogens is 2. The first-order chi connectivity index (χ1) is 19.0. The molecule has 1 aliphatic rings. The maximum Gasteiger partial charge on any atom is 0.319 e. The van der Waals surface area contributed by atoms with E-state index >= 15 is 4.39 Å². The molecule has 1 aromatic heterocycles. The van der Waals surface area contributed by atoms with E-state index < -0.39 is 11.8 Å². The molecule has 1 aliphatic heterocycles. The van der Waals surface area contributed by atoms with Crippen molar-refractivity contribution >= 4 is 22.6 Å². The molecule has 0 bridgehead atoms. The van der Waals surface area contributed by atoms with Crippen LogP contribution in [-0.4, -0.2) is 44.6 Å². The van der Waals surface area contributed by atoms with Gasteiger partial charge in [0.1, 0.15) is 31.4 Å². The molecular weight excluding hydrogens is 512 g/mol. The first-order valence-corrected chi connectivity index (χ1v) is 12.1. The summed E-state index contributed by atoms with van der Waals surface area (Å²) in [6.07, 6.45) is 1.53. The van der Waals surface area contributed by atoms with E-state index in [1.54, 1.807) is 31.4 Å². The summed E-state index contributed by atoms with van der Waals surface area (Å²) < 4.78 is 56.5. The lowest BCUT2D eigenvalue weighted by Crippen LogP contribution is -2.28. The zero-order valence-corrected chi connectivity index (χ0v) is 21.0. The number of pyridine rings is 1. The van der Waals surface area contributed by atoms with Crippen LogP contribution in [0, 0.1) is 11.6 Å².